The first-order valence-corrected chi connectivity index (χ1v) is 6.76. The number of hydrogen-bond donors (Lipinski definition) is 1. The Morgan fingerprint density at radius 3 is 1.92 bits per heavy atom. The standard InChI is InChI=1S/C8H19O4P/c1-3-5-7-13(10,12-11-9)8-6-4-2/h9H,3-8H2,1-2H3. The first-order valence-electron chi connectivity index (χ1n) is 4.76. The summed E-state index contributed by atoms with van der Waals surface area (Å²) in [6.45, 7) is 4.04. The lowest BCUT2D eigenvalue weighted by atomic mass is 10.4. The summed E-state index contributed by atoms with van der Waals surface area (Å²) in [6, 6.07) is 0. The van der Waals surface area contributed by atoms with Crippen molar-refractivity contribution >= 4 is 7.37 Å². The van der Waals surface area contributed by atoms with Crippen LogP contribution in [-0.4, -0.2) is 17.6 Å². The Morgan fingerprint density at radius 1 is 1.15 bits per heavy atom. The second-order valence-electron chi connectivity index (χ2n) is 3.12. The Hall–Kier alpha value is 0.110. The van der Waals surface area contributed by atoms with Gasteiger partial charge < -0.3 is 0 Å². The molecule has 0 rings (SSSR count). The van der Waals surface area contributed by atoms with Crippen molar-refractivity contribution in [3.05, 3.63) is 0 Å². The molecule has 0 aliphatic carbocycles. The highest BCUT2D eigenvalue weighted by Gasteiger charge is 2.23. The van der Waals surface area contributed by atoms with E-state index in [4.69, 9.17) is 5.26 Å². The highest BCUT2D eigenvalue weighted by Crippen LogP contribution is 2.48. The molecule has 80 valence electrons. The predicted octanol–water partition coefficient (Wildman–Crippen LogP) is 3.29. The van der Waals surface area contributed by atoms with Crippen LogP contribution in [0.1, 0.15) is 39.5 Å². The fraction of sp³-hybridized carbons (Fsp3) is 1.00. The van der Waals surface area contributed by atoms with Crippen molar-refractivity contribution < 1.29 is 19.5 Å². The Balaban J connectivity index is 3.92. The van der Waals surface area contributed by atoms with E-state index in [2.05, 4.69) is 9.71 Å². The highest BCUT2D eigenvalue weighted by atomic mass is 31.2. The topological polar surface area (TPSA) is 55.8 Å². The predicted molar refractivity (Wildman–Crippen MR) is 52.0 cm³/mol. The van der Waals surface area contributed by atoms with Crippen molar-refractivity contribution in [2.24, 2.45) is 0 Å². The molecular formula is C8H19O4P. The summed E-state index contributed by atoms with van der Waals surface area (Å²) in [6.07, 6.45) is 4.58. The summed E-state index contributed by atoms with van der Waals surface area (Å²) >= 11 is 0. The molecule has 0 spiro atoms. The van der Waals surface area contributed by atoms with Gasteiger partial charge in [0, 0.05) is 12.3 Å². The van der Waals surface area contributed by atoms with E-state index in [-0.39, 0.29) is 0 Å². The summed E-state index contributed by atoms with van der Waals surface area (Å²) in [7, 11) is -2.72. The molecule has 0 aliphatic heterocycles. The third-order valence-corrected chi connectivity index (χ3v) is 4.21. The fourth-order valence-electron chi connectivity index (χ4n) is 1.05. The van der Waals surface area contributed by atoms with E-state index in [0.717, 1.165) is 25.7 Å². The Morgan fingerprint density at radius 2 is 1.62 bits per heavy atom. The van der Waals surface area contributed by atoms with Crippen molar-refractivity contribution in [3.8, 4) is 0 Å². The van der Waals surface area contributed by atoms with E-state index >= 15 is 0 Å². The van der Waals surface area contributed by atoms with Gasteiger partial charge in [-0.2, -0.15) is 0 Å². The van der Waals surface area contributed by atoms with E-state index < -0.39 is 7.37 Å². The largest absolute Gasteiger partial charge is 0.290 e. The summed E-state index contributed by atoms with van der Waals surface area (Å²) in [5, 5.41) is 11.6. The molecule has 0 aromatic rings. The molecule has 5 heteroatoms. The van der Waals surface area contributed by atoms with E-state index in [1.54, 1.807) is 0 Å². The lowest BCUT2D eigenvalue weighted by molar-refractivity contribution is -0.439. The minimum absolute atomic E-state index is 0.490. The summed E-state index contributed by atoms with van der Waals surface area (Å²) < 4.78 is 16.3. The maximum atomic E-state index is 11.8. The zero-order chi connectivity index (χ0) is 10.2. The highest BCUT2D eigenvalue weighted by molar-refractivity contribution is 7.58. The monoisotopic (exact) mass is 210 g/mol. The molecule has 0 aliphatic rings. The molecule has 13 heavy (non-hydrogen) atoms. The zero-order valence-electron chi connectivity index (χ0n) is 8.36. The average molecular weight is 210 g/mol. The normalized spacial score (nSPS) is 11.9. The van der Waals surface area contributed by atoms with Crippen LogP contribution in [0.25, 0.3) is 0 Å². The molecule has 1 N–H and O–H groups in total. The number of rotatable bonds is 8. The Kier molecular flexibility index (Phi) is 7.57. The van der Waals surface area contributed by atoms with Crippen LogP contribution in [0.15, 0.2) is 0 Å². The summed E-state index contributed by atoms with van der Waals surface area (Å²) in [5.41, 5.74) is 0. The molecule has 0 saturated carbocycles. The number of unbranched alkanes of at least 4 members (excludes halogenated alkanes) is 2. The van der Waals surface area contributed by atoms with Gasteiger partial charge in [0.15, 0.2) is 0 Å². The Labute approximate surface area is 79.6 Å². The van der Waals surface area contributed by atoms with Crippen LogP contribution >= 0.6 is 7.37 Å². The molecule has 0 amide bonds. The molecule has 0 radical (unpaired) electrons. The second kappa shape index (κ2) is 7.51. The van der Waals surface area contributed by atoms with Gasteiger partial charge in [-0.15, -0.1) is 4.67 Å². The maximum Gasteiger partial charge on any atom is 0.239 e. The fourth-order valence-corrected chi connectivity index (χ4v) is 3.14. The van der Waals surface area contributed by atoms with Crippen LogP contribution in [0, 0.1) is 0 Å². The van der Waals surface area contributed by atoms with Crippen LogP contribution in [0.3, 0.4) is 0 Å². The summed E-state index contributed by atoms with van der Waals surface area (Å²) in [5.74, 6) is 0. The minimum Gasteiger partial charge on any atom is -0.290 e. The van der Waals surface area contributed by atoms with Crippen LogP contribution in [0.5, 0.6) is 0 Å². The van der Waals surface area contributed by atoms with Crippen molar-refractivity contribution in [1.82, 2.24) is 0 Å². The quantitative estimate of drug-likeness (QED) is 0.379. The van der Waals surface area contributed by atoms with Gasteiger partial charge in [0.1, 0.15) is 0 Å². The minimum atomic E-state index is -2.72. The first-order chi connectivity index (χ1) is 6.18. The van der Waals surface area contributed by atoms with Gasteiger partial charge in [-0.1, -0.05) is 31.7 Å². The molecule has 0 unspecified atom stereocenters. The van der Waals surface area contributed by atoms with E-state index in [0.29, 0.717) is 12.3 Å². The van der Waals surface area contributed by atoms with E-state index in [9.17, 15) is 4.57 Å². The average Bonchev–Trinajstić information content (AvgIpc) is 2.12. The Bertz CT molecular complexity index is 148. The molecule has 0 saturated heterocycles. The molecule has 0 heterocycles. The lowest BCUT2D eigenvalue weighted by Gasteiger charge is -2.13. The van der Waals surface area contributed by atoms with Gasteiger partial charge in [-0.05, 0) is 12.8 Å². The van der Waals surface area contributed by atoms with Crippen molar-refractivity contribution in [3.63, 3.8) is 0 Å². The van der Waals surface area contributed by atoms with Crippen LogP contribution < -0.4 is 0 Å². The SMILES string of the molecule is CCCCP(=O)(CCCC)OOO. The van der Waals surface area contributed by atoms with Crippen molar-refractivity contribution in [2.75, 3.05) is 12.3 Å². The van der Waals surface area contributed by atoms with E-state index in [1.807, 2.05) is 13.8 Å². The van der Waals surface area contributed by atoms with Crippen molar-refractivity contribution in [2.45, 2.75) is 39.5 Å². The van der Waals surface area contributed by atoms with Gasteiger partial charge in [-0.3, -0.25) is 4.57 Å². The van der Waals surface area contributed by atoms with Gasteiger partial charge in [-0.25, -0.2) is 5.26 Å². The van der Waals surface area contributed by atoms with Crippen LogP contribution in [-0.2, 0) is 14.3 Å². The third-order valence-electron chi connectivity index (χ3n) is 1.87. The molecule has 0 aromatic heterocycles. The van der Waals surface area contributed by atoms with Gasteiger partial charge in [0.2, 0.25) is 7.37 Å². The first kappa shape index (κ1) is 13.1. The molecule has 0 aromatic carbocycles. The zero-order valence-corrected chi connectivity index (χ0v) is 9.26. The second-order valence-corrected chi connectivity index (χ2v) is 5.79. The van der Waals surface area contributed by atoms with Gasteiger partial charge in [0.25, 0.3) is 0 Å². The molecule has 4 nitrogen and oxygen atoms in total. The lowest BCUT2D eigenvalue weighted by Crippen LogP contribution is -2.00. The molecule has 0 bridgehead atoms. The van der Waals surface area contributed by atoms with Crippen molar-refractivity contribution in [1.29, 1.82) is 0 Å². The van der Waals surface area contributed by atoms with Crippen LogP contribution in [0.4, 0.5) is 0 Å². The smallest absolute Gasteiger partial charge is 0.239 e. The molecular weight excluding hydrogens is 191 g/mol. The van der Waals surface area contributed by atoms with Crippen LogP contribution in [0.2, 0.25) is 0 Å². The summed E-state index contributed by atoms with van der Waals surface area (Å²) in [4.78, 5) is 0. The number of hydrogen-bond acceptors (Lipinski definition) is 4. The van der Waals surface area contributed by atoms with Gasteiger partial charge >= 0.3 is 0 Å². The maximum absolute atomic E-state index is 11.8. The third kappa shape index (κ3) is 6.22. The molecule has 0 atom stereocenters. The van der Waals surface area contributed by atoms with Gasteiger partial charge in [0.05, 0.1) is 0 Å². The van der Waals surface area contributed by atoms with E-state index in [1.165, 1.54) is 0 Å². The molecule has 0 fully saturated rings.